The number of amides is 1. The molecule has 1 aromatic carbocycles. The Morgan fingerprint density at radius 1 is 1.35 bits per heavy atom. The lowest BCUT2D eigenvalue weighted by Gasteiger charge is -2.11. The first-order chi connectivity index (χ1) is 12.6. The fraction of sp³-hybridized carbons (Fsp3) is 0.526. The minimum atomic E-state index is -0.281. The average molecular weight is 375 g/mol. The molecular formula is C19H26N4O2S. The van der Waals surface area contributed by atoms with Crippen LogP contribution < -0.4 is 10.1 Å². The number of aromatic amines is 1. The number of ether oxygens (including phenoxy) is 1. The number of hydrogen-bond acceptors (Lipinski definition) is 5. The van der Waals surface area contributed by atoms with E-state index >= 15 is 0 Å². The van der Waals surface area contributed by atoms with Gasteiger partial charge in [-0.15, -0.1) is 5.10 Å². The predicted octanol–water partition coefficient (Wildman–Crippen LogP) is 4.06. The smallest absolute Gasteiger partial charge is 0.237 e. The second kappa shape index (κ2) is 9.07. The monoisotopic (exact) mass is 374 g/mol. The van der Waals surface area contributed by atoms with Gasteiger partial charge >= 0.3 is 0 Å². The summed E-state index contributed by atoms with van der Waals surface area (Å²) in [5.41, 5.74) is 0.753. The molecule has 140 valence electrons. The number of benzene rings is 1. The maximum absolute atomic E-state index is 12.4. The molecular weight excluding hydrogens is 348 g/mol. The van der Waals surface area contributed by atoms with Crippen molar-refractivity contribution < 1.29 is 9.53 Å². The Kier molecular flexibility index (Phi) is 6.55. The molecule has 1 fully saturated rings. The fourth-order valence-corrected chi connectivity index (χ4v) is 3.91. The second-order valence-corrected chi connectivity index (χ2v) is 7.93. The number of H-pyrrole nitrogens is 1. The van der Waals surface area contributed by atoms with E-state index in [1.54, 1.807) is 0 Å². The van der Waals surface area contributed by atoms with Gasteiger partial charge in [0.1, 0.15) is 11.6 Å². The summed E-state index contributed by atoms with van der Waals surface area (Å²) in [6.07, 6.45) is 6.17. The van der Waals surface area contributed by atoms with Crippen LogP contribution in [0.5, 0.6) is 5.75 Å². The third-order valence-corrected chi connectivity index (χ3v) is 5.51. The molecule has 0 radical (unpaired) electrons. The van der Waals surface area contributed by atoms with Crippen molar-refractivity contribution in [2.75, 3.05) is 11.9 Å². The van der Waals surface area contributed by atoms with Crippen molar-refractivity contribution in [3.05, 3.63) is 30.1 Å². The highest BCUT2D eigenvalue weighted by Gasteiger charge is 2.20. The topological polar surface area (TPSA) is 79.9 Å². The van der Waals surface area contributed by atoms with E-state index in [0.717, 1.165) is 29.6 Å². The largest absolute Gasteiger partial charge is 0.494 e. The minimum absolute atomic E-state index is 0.0682. The van der Waals surface area contributed by atoms with Crippen molar-refractivity contribution >= 4 is 23.4 Å². The Labute approximate surface area is 158 Å². The van der Waals surface area contributed by atoms with Crippen molar-refractivity contribution in [3.8, 4) is 5.75 Å². The molecule has 0 bridgehead atoms. The highest BCUT2D eigenvalue weighted by Crippen LogP contribution is 2.28. The number of rotatable bonds is 8. The van der Waals surface area contributed by atoms with Gasteiger partial charge in [-0.25, -0.2) is 4.98 Å². The first kappa shape index (κ1) is 18.8. The molecule has 1 heterocycles. The van der Waals surface area contributed by atoms with Crippen molar-refractivity contribution in [3.63, 3.8) is 0 Å². The molecule has 6 nitrogen and oxygen atoms in total. The molecule has 3 rings (SSSR count). The van der Waals surface area contributed by atoms with E-state index in [0.29, 0.717) is 11.8 Å². The summed E-state index contributed by atoms with van der Waals surface area (Å²) in [5, 5.41) is 10.5. The zero-order chi connectivity index (χ0) is 18.4. The van der Waals surface area contributed by atoms with Crippen LogP contribution in [-0.4, -0.2) is 32.9 Å². The Morgan fingerprint density at radius 2 is 2.08 bits per heavy atom. The van der Waals surface area contributed by atoms with Crippen LogP contribution in [0, 0.1) is 5.92 Å². The second-order valence-electron chi connectivity index (χ2n) is 6.63. The summed E-state index contributed by atoms with van der Waals surface area (Å²) in [4.78, 5) is 16.9. The first-order valence-corrected chi connectivity index (χ1v) is 10.1. The quantitative estimate of drug-likeness (QED) is 0.681. The van der Waals surface area contributed by atoms with E-state index in [-0.39, 0.29) is 11.2 Å². The van der Waals surface area contributed by atoms with Gasteiger partial charge in [0.25, 0.3) is 0 Å². The van der Waals surface area contributed by atoms with Gasteiger partial charge in [0.15, 0.2) is 0 Å². The van der Waals surface area contributed by atoms with Crippen LogP contribution in [-0.2, 0) is 11.2 Å². The normalized spacial score (nSPS) is 15.8. The van der Waals surface area contributed by atoms with Crippen molar-refractivity contribution in [1.82, 2.24) is 15.2 Å². The van der Waals surface area contributed by atoms with Crippen molar-refractivity contribution in [2.45, 2.75) is 56.4 Å². The van der Waals surface area contributed by atoms with Gasteiger partial charge in [-0.2, -0.15) is 0 Å². The summed E-state index contributed by atoms with van der Waals surface area (Å²) in [6, 6.07) is 7.38. The minimum Gasteiger partial charge on any atom is -0.494 e. The molecule has 1 atom stereocenters. The molecule has 7 heteroatoms. The Balaban J connectivity index is 1.49. The lowest BCUT2D eigenvalue weighted by molar-refractivity contribution is -0.115. The molecule has 26 heavy (non-hydrogen) atoms. The fourth-order valence-electron chi connectivity index (χ4n) is 3.17. The van der Waals surface area contributed by atoms with E-state index in [9.17, 15) is 4.79 Å². The van der Waals surface area contributed by atoms with Crippen molar-refractivity contribution in [1.29, 1.82) is 0 Å². The van der Waals surface area contributed by atoms with E-state index in [1.807, 2.05) is 38.1 Å². The number of thioether (sulfide) groups is 1. The SMILES string of the molecule is CCOc1ccc(NC(=O)[C@@H](C)Sc2n[nH]c(CC3CCCC3)n2)cc1. The number of anilines is 1. The van der Waals surface area contributed by atoms with Gasteiger partial charge in [-0.3, -0.25) is 9.89 Å². The van der Waals surface area contributed by atoms with Gasteiger partial charge in [-0.05, 0) is 44.0 Å². The summed E-state index contributed by atoms with van der Waals surface area (Å²) >= 11 is 1.37. The van der Waals surface area contributed by atoms with Crippen LogP contribution in [0.15, 0.2) is 29.4 Å². The molecule has 2 N–H and O–H groups in total. The van der Waals surface area contributed by atoms with E-state index in [2.05, 4.69) is 20.5 Å². The van der Waals surface area contributed by atoms with Crippen molar-refractivity contribution in [2.24, 2.45) is 5.92 Å². The van der Waals surface area contributed by atoms with Gasteiger partial charge in [0.2, 0.25) is 11.1 Å². The van der Waals surface area contributed by atoms with Crippen LogP contribution in [0.3, 0.4) is 0 Å². The van der Waals surface area contributed by atoms with Crippen LogP contribution in [0.2, 0.25) is 0 Å². The Hall–Kier alpha value is -2.02. The molecule has 1 aliphatic rings. The van der Waals surface area contributed by atoms with Gasteiger partial charge in [0, 0.05) is 12.1 Å². The lowest BCUT2D eigenvalue weighted by atomic mass is 10.0. The maximum atomic E-state index is 12.4. The molecule has 1 saturated carbocycles. The highest BCUT2D eigenvalue weighted by molar-refractivity contribution is 8.00. The van der Waals surface area contributed by atoms with Gasteiger partial charge in [0.05, 0.1) is 11.9 Å². The Morgan fingerprint density at radius 3 is 2.77 bits per heavy atom. The summed E-state index contributed by atoms with van der Waals surface area (Å²) in [5.74, 6) is 2.38. The highest BCUT2D eigenvalue weighted by atomic mass is 32.2. The third-order valence-electron chi connectivity index (χ3n) is 4.55. The average Bonchev–Trinajstić information content (AvgIpc) is 3.29. The molecule has 1 aliphatic carbocycles. The number of aromatic nitrogens is 3. The molecule has 1 aromatic heterocycles. The zero-order valence-electron chi connectivity index (χ0n) is 15.3. The molecule has 2 aromatic rings. The van der Waals surface area contributed by atoms with Crippen LogP contribution in [0.25, 0.3) is 0 Å². The van der Waals surface area contributed by atoms with Gasteiger partial charge in [-0.1, -0.05) is 37.4 Å². The van der Waals surface area contributed by atoms with Crippen LogP contribution >= 0.6 is 11.8 Å². The summed E-state index contributed by atoms with van der Waals surface area (Å²) in [7, 11) is 0. The zero-order valence-corrected chi connectivity index (χ0v) is 16.1. The molecule has 0 aliphatic heterocycles. The number of carbonyl (C=O) groups excluding carboxylic acids is 1. The molecule has 0 unspecified atom stereocenters. The number of carbonyl (C=O) groups is 1. The number of hydrogen-bond donors (Lipinski definition) is 2. The molecule has 0 saturated heterocycles. The number of nitrogens with one attached hydrogen (secondary N) is 2. The van der Waals surface area contributed by atoms with E-state index in [4.69, 9.17) is 4.74 Å². The number of nitrogens with zero attached hydrogens (tertiary/aromatic N) is 2. The van der Waals surface area contributed by atoms with Crippen LogP contribution in [0.4, 0.5) is 5.69 Å². The molecule has 1 amide bonds. The molecule has 0 spiro atoms. The lowest BCUT2D eigenvalue weighted by Crippen LogP contribution is -2.22. The summed E-state index contributed by atoms with van der Waals surface area (Å²) < 4.78 is 5.41. The standard InChI is InChI=1S/C19H26N4O2S/c1-3-25-16-10-8-15(9-11-16)20-18(24)13(2)26-19-21-17(22-23-19)12-14-6-4-5-7-14/h8-11,13-14H,3-7,12H2,1-2H3,(H,20,24)(H,21,22,23)/t13-/m1/s1. The van der Waals surface area contributed by atoms with E-state index < -0.39 is 0 Å². The van der Waals surface area contributed by atoms with E-state index in [1.165, 1.54) is 37.4 Å². The summed E-state index contributed by atoms with van der Waals surface area (Å²) in [6.45, 7) is 4.43. The van der Waals surface area contributed by atoms with Crippen LogP contribution in [0.1, 0.15) is 45.4 Å². The predicted molar refractivity (Wildman–Crippen MR) is 104 cm³/mol. The third kappa shape index (κ3) is 5.24. The first-order valence-electron chi connectivity index (χ1n) is 9.25. The van der Waals surface area contributed by atoms with Gasteiger partial charge < -0.3 is 10.1 Å². The Bertz CT molecular complexity index is 711. The maximum Gasteiger partial charge on any atom is 0.237 e.